The van der Waals surface area contributed by atoms with Crippen LogP contribution < -0.4 is 5.32 Å². The molecule has 1 aliphatic rings. The molecule has 2 aromatic rings. The molecule has 0 aliphatic heterocycles. The van der Waals surface area contributed by atoms with E-state index in [0.717, 1.165) is 42.6 Å². The Bertz CT molecular complexity index is 758. The Hall–Kier alpha value is -2.61. The molecule has 1 atom stereocenters. The second kappa shape index (κ2) is 7.31. The van der Waals surface area contributed by atoms with Crippen LogP contribution >= 0.6 is 0 Å². The van der Waals surface area contributed by atoms with Crippen molar-refractivity contribution < 1.29 is 4.79 Å². The van der Waals surface area contributed by atoms with Gasteiger partial charge in [-0.1, -0.05) is 24.6 Å². The standard InChI is InChI=1S/C19H22N4O/c1-14(12-13-20)21-19(24)18-16-10-6-3-7-11-17(16)23(22-18)15-8-4-2-5-9-15/h2,4-5,8-9,14H,3,6-7,10-12H2,1H3,(H,21,24)/t14-/m0/s1. The number of nitriles is 1. The molecule has 1 aromatic heterocycles. The highest BCUT2D eigenvalue weighted by Gasteiger charge is 2.25. The van der Waals surface area contributed by atoms with E-state index in [1.54, 1.807) is 0 Å². The third kappa shape index (κ3) is 3.33. The van der Waals surface area contributed by atoms with Gasteiger partial charge in [-0.05, 0) is 44.7 Å². The van der Waals surface area contributed by atoms with Gasteiger partial charge in [0.25, 0.3) is 5.91 Å². The molecule has 1 heterocycles. The number of para-hydroxylation sites is 1. The first-order chi connectivity index (χ1) is 11.7. The van der Waals surface area contributed by atoms with Gasteiger partial charge in [-0.3, -0.25) is 4.79 Å². The summed E-state index contributed by atoms with van der Waals surface area (Å²) in [5.41, 5.74) is 3.72. The molecule has 1 aliphatic carbocycles. The van der Waals surface area contributed by atoms with E-state index in [0.29, 0.717) is 12.1 Å². The predicted octanol–water partition coefficient (Wildman–Crippen LogP) is 3.17. The van der Waals surface area contributed by atoms with Crippen molar-refractivity contribution in [1.82, 2.24) is 15.1 Å². The van der Waals surface area contributed by atoms with E-state index in [1.807, 2.05) is 41.9 Å². The van der Waals surface area contributed by atoms with Crippen molar-refractivity contribution >= 4 is 5.91 Å². The summed E-state index contributed by atoms with van der Waals surface area (Å²) < 4.78 is 1.92. The van der Waals surface area contributed by atoms with Gasteiger partial charge >= 0.3 is 0 Å². The highest BCUT2D eigenvalue weighted by Crippen LogP contribution is 2.26. The molecule has 3 rings (SSSR count). The summed E-state index contributed by atoms with van der Waals surface area (Å²) >= 11 is 0. The van der Waals surface area contributed by atoms with Gasteiger partial charge in [0.2, 0.25) is 0 Å². The Kier molecular flexibility index (Phi) is 4.95. The highest BCUT2D eigenvalue weighted by molar-refractivity contribution is 5.94. The van der Waals surface area contributed by atoms with E-state index in [1.165, 1.54) is 6.42 Å². The molecule has 1 aromatic carbocycles. The van der Waals surface area contributed by atoms with Crippen LogP contribution in [0.4, 0.5) is 0 Å². The Balaban J connectivity index is 1.99. The molecule has 0 bridgehead atoms. The topological polar surface area (TPSA) is 70.7 Å². The summed E-state index contributed by atoms with van der Waals surface area (Å²) in [7, 11) is 0. The number of amides is 1. The minimum absolute atomic E-state index is 0.175. The van der Waals surface area contributed by atoms with Gasteiger partial charge in [0.15, 0.2) is 5.69 Å². The number of benzene rings is 1. The number of carbonyl (C=O) groups is 1. The Morgan fingerprint density at radius 1 is 1.29 bits per heavy atom. The molecule has 0 spiro atoms. The van der Waals surface area contributed by atoms with E-state index in [2.05, 4.69) is 16.5 Å². The quantitative estimate of drug-likeness (QED) is 0.879. The summed E-state index contributed by atoms with van der Waals surface area (Å²) in [6.07, 6.45) is 5.51. The third-order valence-electron chi connectivity index (χ3n) is 4.42. The molecule has 5 nitrogen and oxygen atoms in total. The largest absolute Gasteiger partial charge is 0.347 e. The minimum Gasteiger partial charge on any atom is -0.347 e. The minimum atomic E-state index is -0.175. The number of fused-ring (bicyclic) bond motifs is 1. The lowest BCUT2D eigenvalue weighted by atomic mass is 10.1. The molecule has 124 valence electrons. The number of aromatic nitrogens is 2. The molecule has 1 amide bonds. The van der Waals surface area contributed by atoms with Gasteiger partial charge in [-0.2, -0.15) is 10.4 Å². The second-order valence-corrected chi connectivity index (χ2v) is 6.32. The molecular formula is C19H22N4O. The summed E-state index contributed by atoms with van der Waals surface area (Å²) in [4.78, 5) is 12.7. The summed E-state index contributed by atoms with van der Waals surface area (Å²) in [5.74, 6) is -0.175. The average molecular weight is 322 g/mol. The molecule has 24 heavy (non-hydrogen) atoms. The fraction of sp³-hybridized carbons (Fsp3) is 0.421. The van der Waals surface area contributed by atoms with E-state index < -0.39 is 0 Å². The number of carbonyl (C=O) groups excluding carboxylic acids is 1. The van der Waals surface area contributed by atoms with Crippen molar-refractivity contribution in [3.63, 3.8) is 0 Å². The molecule has 0 fully saturated rings. The molecule has 0 radical (unpaired) electrons. The molecule has 5 heteroatoms. The van der Waals surface area contributed by atoms with Gasteiger partial charge in [-0.25, -0.2) is 4.68 Å². The van der Waals surface area contributed by atoms with Crippen LogP contribution in [-0.2, 0) is 12.8 Å². The zero-order valence-corrected chi connectivity index (χ0v) is 14.0. The smallest absolute Gasteiger partial charge is 0.272 e. The Morgan fingerprint density at radius 3 is 2.79 bits per heavy atom. The molecule has 0 unspecified atom stereocenters. The van der Waals surface area contributed by atoms with Crippen LogP contribution in [0.25, 0.3) is 5.69 Å². The van der Waals surface area contributed by atoms with E-state index in [9.17, 15) is 4.79 Å². The van der Waals surface area contributed by atoms with E-state index in [-0.39, 0.29) is 11.9 Å². The first kappa shape index (κ1) is 16.3. The van der Waals surface area contributed by atoms with Crippen LogP contribution in [0.3, 0.4) is 0 Å². The van der Waals surface area contributed by atoms with Gasteiger partial charge in [0.1, 0.15) is 0 Å². The monoisotopic (exact) mass is 322 g/mol. The number of hydrogen-bond acceptors (Lipinski definition) is 3. The number of rotatable bonds is 4. The Labute approximate surface area is 142 Å². The fourth-order valence-electron chi connectivity index (χ4n) is 3.22. The van der Waals surface area contributed by atoms with Gasteiger partial charge in [-0.15, -0.1) is 0 Å². The van der Waals surface area contributed by atoms with Crippen molar-refractivity contribution in [3.8, 4) is 11.8 Å². The lowest BCUT2D eigenvalue weighted by molar-refractivity contribution is 0.0934. The van der Waals surface area contributed by atoms with Crippen LogP contribution in [-0.4, -0.2) is 21.7 Å². The van der Waals surface area contributed by atoms with E-state index in [4.69, 9.17) is 5.26 Å². The first-order valence-electron chi connectivity index (χ1n) is 8.54. The van der Waals surface area contributed by atoms with Crippen LogP contribution in [0.15, 0.2) is 30.3 Å². The molecule has 0 saturated heterocycles. The first-order valence-corrected chi connectivity index (χ1v) is 8.54. The zero-order valence-electron chi connectivity index (χ0n) is 14.0. The van der Waals surface area contributed by atoms with Gasteiger partial charge < -0.3 is 5.32 Å². The number of nitrogens with one attached hydrogen (secondary N) is 1. The lowest BCUT2D eigenvalue weighted by Crippen LogP contribution is -2.33. The maximum Gasteiger partial charge on any atom is 0.272 e. The van der Waals surface area contributed by atoms with Crippen LogP contribution in [0, 0.1) is 11.3 Å². The molecular weight excluding hydrogens is 300 g/mol. The Morgan fingerprint density at radius 2 is 2.04 bits per heavy atom. The van der Waals surface area contributed by atoms with Crippen molar-refractivity contribution in [3.05, 3.63) is 47.3 Å². The van der Waals surface area contributed by atoms with E-state index >= 15 is 0 Å². The third-order valence-corrected chi connectivity index (χ3v) is 4.42. The molecule has 0 saturated carbocycles. The van der Waals surface area contributed by atoms with Crippen molar-refractivity contribution in [1.29, 1.82) is 5.26 Å². The maximum atomic E-state index is 12.7. The van der Waals surface area contributed by atoms with Crippen LogP contribution in [0.2, 0.25) is 0 Å². The highest BCUT2D eigenvalue weighted by atomic mass is 16.2. The SMILES string of the molecule is C[C@@H](CC#N)NC(=O)c1nn(-c2ccccc2)c2c1CCCCC2. The zero-order chi connectivity index (χ0) is 16.9. The van der Waals surface area contributed by atoms with Crippen molar-refractivity contribution in [2.75, 3.05) is 0 Å². The van der Waals surface area contributed by atoms with Gasteiger partial charge in [0, 0.05) is 17.3 Å². The lowest BCUT2D eigenvalue weighted by Gasteiger charge is -2.09. The maximum absolute atomic E-state index is 12.7. The average Bonchev–Trinajstić information content (AvgIpc) is 2.77. The second-order valence-electron chi connectivity index (χ2n) is 6.32. The molecule has 1 N–H and O–H groups in total. The number of hydrogen-bond donors (Lipinski definition) is 1. The summed E-state index contributed by atoms with van der Waals surface area (Å²) in [6, 6.07) is 11.9. The van der Waals surface area contributed by atoms with Crippen molar-refractivity contribution in [2.24, 2.45) is 0 Å². The predicted molar refractivity (Wildman–Crippen MR) is 92.0 cm³/mol. The van der Waals surface area contributed by atoms with Crippen molar-refractivity contribution in [2.45, 2.75) is 51.5 Å². The summed E-state index contributed by atoms with van der Waals surface area (Å²) in [5, 5.41) is 16.3. The van der Waals surface area contributed by atoms with Gasteiger partial charge in [0.05, 0.1) is 18.2 Å². The number of nitrogens with zero attached hydrogens (tertiary/aromatic N) is 3. The summed E-state index contributed by atoms with van der Waals surface area (Å²) in [6.45, 7) is 1.84. The van der Waals surface area contributed by atoms with Crippen LogP contribution in [0.5, 0.6) is 0 Å². The normalized spacial score (nSPS) is 15.0. The fourth-order valence-corrected chi connectivity index (χ4v) is 3.22. The van der Waals surface area contributed by atoms with Crippen LogP contribution in [0.1, 0.15) is 54.4 Å².